The molecule has 0 aliphatic heterocycles. The number of aliphatic hydroxyl groups is 1. The first-order valence-electron chi connectivity index (χ1n) is 6.26. The Balaban J connectivity index is 2.58. The maximum Gasteiger partial charge on any atom is 0.131 e. The molecule has 2 unspecified atom stereocenters. The van der Waals surface area contributed by atoms with Crippen LogP contribution in [0.1, 0.15) is 31.9 Å². The molecule has 18 heavy (non-hydrogen) atoms. The summed E-state index contributed by atoms with van der Waals surface area (Å²) in [7, 11) is 1.52. The molecule has 2 N–H and O–H groups in total. The quantitative estimate of drug-likeness (QED) is 0.786. The van der Waals surface area contributed by atoms with Gasteiger partial charge in [-0.1, -0.05) is 13.0 Å². The number of hydrogen-bond donors (Lipinski definition) is 2. The van der Waals surface area contributed by atoms with E-state index in [1.165, 1.54) is 13.2 Å². The fraction of sp³-hybridized carbons (Fsp3) is 0.571. The molecule has 0 bridgehead atoms. The van der Waals surface area contributed by atoms with Crippen LogP contribution in [0.25, 0.3) is 0 Å². The van der Waals surface area contributed by atoms with E-state index in [2.05, 4.69) is 12.2 Å². The van der Waals surface area contributed by atoms with Crippen LogP contribution < -0.4 is 10.1 Å². The highest BCUT2D eigenvalue weighted by molar-refractivity contribution is 5.30. The molecular weight excluding hydrogens is 233 g/mol. The van der Waals surface area contributed by atoms with Gasteiger partial charge in [0.15, 0.2) is 0 Å². The number of hydrogen-bond acceptors (Lipinski definition) is 3. The molecular formula is C14H22FNO2. The van der Waals surface area contributed by atoms with Crippen LogP contribution in [0.2, 0.25) is 0 Å². The van der Waals surface area contributed by atoms with Crippen LogP contribution in [0.5, 0.6) is 5.75 Å². The summed E-state index contributed by atoms with van der Waals surface area (Å²) in [6.45, 7) is 4.93. The lowest BCUT2D eigenvalue weighted by Crippen LogP contribution is -2.25. The van der Waals surface area contributed by atoms with Crippen molar-refractivity contribution in [3.05, 3.63) is 29.6 Å². The molecule has 0 aliphatic carbocycles. The molecule has 0 fully saturated rings. The van der Waals surface area contributed by atoms with E-state index in [1.807, 2.05) is 6.92 Å². The second-order valence-electron chi connectivity index (χ2n) is 4.63. The van der Waals surface area contributed by atoms with E-state index in [4.69, 9.17) is 9.84 Å². The lowest BCUT2D eigenvalue weighted by Gasteiger charge is -2.18. The van der Waals surface area contributed by atoms with Crippen LogP contribution in [-0.2, 0) is 0 Å². The SMILES string of the molecule is COc1ccc(C(C)NCC(C)CCO)c(F)c1. The lowest BCUT2D eigenvalue weighted by molar-refractivity contribution is 0.258. The second kappa shape index (κ2) is 7.34. The molecule has 1 aromatic carbocycles. The van der Waals surface area contributed by atoms with Gasteiger partial charge >= 0.3 is 0 Å². The summed E-state index contributed by atoms with van der Waals surface area (Å²) >= 11 is 0. The van der Waals surface area contributed by atoms with E-state index in [-0.39, 0.29) is 18.5 Å². The Morgan fingerprint density at radius 3 is 2.67 bits per heavy atom. The fourth-order valence-corrected chi connectivity index (χ4v) is 1.80. The van der Waals surface area contributed by atoms with Gasteiger partial charge in [-0.15, -0.1) is 0 Å². The number of rotatable bonds is 7. The molecule has 2 atom stereocenters. The number of nitrogens with one attached hydrogen (secondary N) is 1. The first kappa shape index (κ1) is 14.9. The fourth-order valence-electron chi connectivity index (χ4n) is 1.80. The minimum absolute atomic E-state index is 0.0583. The summed E-state index contributed by atoms with van der Waals surface area (Å²) in [4.78, 5) is 0. The Hall–Kier alpha value is -1.13. The van der Waals surface area contributed by atoms with Gasteiger partial charge in [0, 0.05) is 24.3 Å². The van der Waals surface area contributed by atoms with Gasteiger partial charge in [0.2, 0.25) is 0 Å². The monoisotopic (exact) mass is 255 g/mol. The molecule has 0 radical (unpaired) electrons. The van der Waals surface area contributed by atoms with Gasteiger partial charge in [0.25, 0.3) is 0 Å². The Morgan fingerprint density at radius 1 is 1.39 bits per heavy atom. The Labute approximate surface area is 108 Å². The van der Waals surface area contributed by atoms with Crippen LogP contribution in [0.3, 0.4) is 0 Å². The van der Waals surface area contributed by atoms with Crippen molar-refractivity contribution in [3.63, 3.8) is 0 Å². The van der Waals surface area contributed by atoms with Crippen LogP contribution in [0.15, 0.2) is 18.2 Å². The number of benzene rings is 1. The summed E-state index contributed by atoms with van der Waals surface area (Å²) in [5.74, 6) is 0.639. The zero-order valence-electron chi connectivity index (χ0n) is 11.2. The highest BCUT2D eigenvalue weighted by Gasteiger charge is 2.12. The van der Waals surface area contributed by atoms with Gasteiger partial charge < -0.3 is 15.2 Å². The predicted octanol–water partition coefficient (Wildman–Crippen LogP) is 2.50. The summed E-state index contributed by atoms with van der Waals surface area (Å²) in [5.41, 5.74) is 0.631. The summed E-state index contributed by atoms with van der Waals surface area (Å²) in [5, 5.41) is 12.1. The van der Waals surface area contributed by atoms with Gasteiger partial charge in [-0.3, -0.25) is 0 Å². The van der Waals surface area contributed by atoms with Crippen LogP contribution >= 0.6 is 0 Å². The minimum atomic E-state index is -0.260. The van der Waals surface area contributed by atoms with Gasteiger partial charge in [-0.25, -0.2) is 4.39 Å². The summed E-state index contributed by atoms with van der Waals surface area (Å²) in [6, 6.07) is 4.83. The maximum absolute atomic E-state index is 13.8. The molecule has 0 aromatic heterocycles. The summed E-state index contributed by atoms with van der Waals surface area (Å²) < 4.78 is 18.8. The molecule has 1 rings (SSSR count). The van der Waals surface area contributed by atoms with Crippen molar-refractivity contribution in [1.82, 2.24) is 5.32 Å². The molecule has 0 amide bonds. The average Bonchev–Trinajstić information content (AvgIpc) is 2.36. The summed E-state index contributed by atoms with van der Waals surface area (Å²) in [6.07, 6.45) is 0.755. The molecule has 0 aliphatic rings. The first-order chi connectivity index (χ1) is 8.58. The smallest absolute Gasteiger partial charge is 0.131 e. The van der Waals surface area contributed by atoms with Crippen molar-refractivity contribution in [3.8, 4) is 5.75 Å². The second-order valence-corrected chi connectivity index (χ2v) is 4.63. The third-order valence-electron chi connectivity index (χ3n) is 3.07. The molecule has 102 valence electrons. The zero-order chi connectivity index (χ0) is 13.5. The number of methoxy groups -OCH3 is 1. The highest BCUT2D eigenvalue weighted by Crippen LogP contribution is 2.21. The zero-order valence-corrected chi connectivity index (χ0v) is 11.2. The average molecular weight is 255 g/mol. The molecule has 3 nitrogen and oxygen atoms in total. The van der Waals surface area contributed by atoms with Crippen molar-refractivity contribution < 1.29 is 14.2 Å². The Kier molecular flexibility index (Phi) is 6.09. The van der Waals surface area contributed by atoms with Crippen molar-refractivity contribution >= 4 is 0 Å². The van der Waals surface area contributed by atoms with Gasteiger partial charge in [-0.05, 0) is 31.9 Å². The third kappa shape index (κ3) is 4.27. The number of halogens is 1. The van der Waals surface area contributed by atoms with Gasteiger partial charge in [0.1, 0.15) is 11.6 Å². The molecule has 0 spiro atoms. The van der Waals surface area contributed by atoms with Crippen LogP contribution in [-0.4, -0.2) is 25.4 Å². The molecule has 1 aromatic rings. The number of ether oxygens (including phenoxy) is 1. The lowest BCUT2D eigenvalue weighted by atomic mass is 10.0. The molecule has 0 heterocycles. The largest absolute Gasteiger partial charge is 0.497 e. The van der Waals surface area contributed by atoms with Crippen molar-refractivity contribution in [2.75, 3.05) is 20.3 Å². The van der Waals surface area contributed by atoms with E-state index in [0.717, 1.165) is 13.0 Å². The topological polar surface area (TPSA) is 41.5 Å². The van der Waals surface area contributed by atoms with E-state index >= 15 is 0 Å². The highest BCUT2D eigenvalue weighted by atomic mass is 19.1. The normalized spacial score (nSPS) is 14.3. The molecule has 0 saturated heterocycles. The van der Waals surface area contributed by atoms with Crippen LogP contribution in [0.4, 0.5) is 4.39 Å². The molecule has 0 saturated carbocycles. The molecule has 4 heteroatoms. The van der Waals surface area contributed by atoms with Gasteiger partial charge in [0.05, 0.1) is 7.11 Å². The van der Waals surface area contributed by atoms with Gasteiger partial charge in [-0.2, -0.15) is 0 Å². The number of aliphatic hydroxyl groups excluding tert-OH is 1. The van der Waals surface area contributed by atoms with E-state index in [0.29, 0.717) is 17.2 Å². The van der Waals surface area contributed by atoms with Crippen molar-refractivity contribution in [1.29, 1.82) is 0 Å². The van der Waals surface area contributed by atoms with E-state index in [1.54, 1.807) is 12.1 Å². The first-order valence-corrected chi connectivity index (χ1v) is 6.26. The Morgan fingerprint density at radius 2 is 2.11 bits per heavy atom. The predicted molar refractivity (Wildman–Crippen MR) is 70.2 cm³/mol. The standard InChI is InChI=1S/C14H22FNO2/c1-10(6-7-17)9-16-11(2)13-5-4-12(18-3)8-14(13)15/h4-5,8,10-11,16-17H,6-7,9H2,1-3H3. The van der Waals surface area contributed by atoms with E-state index < -0.39 is 0 Å². The van der Waals surface area contributed by atoms with Crippen molar-refractivity contribution in [2.24, 2.45) is 5.92 Å². The van der Waals surface area contributed by atoms with Crippen molar-refractivity contribution in [2.45, 2.75) is 26.3 Å². The van der Waals surface area contributed by atoms with Crippen LogP contribution in [0, 0.1) is 11.7 Å². The van der Waals surface area contributed by atoms with E-state index in [9.17, 15) is 4.39 Å². The maximum atomic E-state index is 13.8. The Bertz CT molecular complexity index is 371. The third-order valence-corrected chi connectivity index (χ3v) is 3.07. The minimum Gasteiger partial charge on any atom is -0.497 e.